The number of carbonyl (C=O) groups excluding carboxylic acids is 2. The van der Waals surface area contributed by atoms with Crippen molar-refractivity contribution >= 4 is 35.1 Å². The first kappa shape index (κ1) is 21.9. The van der Waals surface area contributed by atoms with Crippen LogP contribution in [0.5, 0.6) is 0 Å². The van der Waals surface area contributed by atoms with Crippen molar-refractivity contribution in [1.29, 1.82) is 0 Å². The molecule has 1 N–H and O–H groups in total. The molecule has 1 atom stereocenters. The van der Waals surface area contributed by atoms with Crippen molar-refractivity contribution in [2.45, 2.75) is 25.3 Å². The number of urea groups is 1. The Kier molecular flexibility index (Phi) is 6.68. The number of nitrogens with one attached hydrogen (secondary N) is 1. The smallest absolute Gasteiger partial charge is 0.317 e. The molecule has 5 nitrogen and oxygen atoms in total. The zero-order valence-corrected chi connectivity index (χ0v) is 18.5. The van der Waals surface area contributed by atoms with Gasteiger partial charge in [0.15, 0.2) is 0 Å². The molecule has 3 amide bonds. The van der Waals surface area contributed by atoms with Gasteiger partial charge in [0, 0.05) is 47.4 Å². The highest BCUT2D eigenvalue weighted by atomic mass is 35.5. The van der Waals surface area contributed by atoms with Gasteiger partial charge in [0.1, 0.15) is 5.82 Å². The van der Waals surface area contributed by atoms with E-state index in [0.717, 1.165) is 18.4 Å². The number of hydrogen-bond donors (Lipinski definition) is 1. The highest BCUT2D eigenvalue weighted by molar-refractivity contribution is 6.36. The molecule has 0 bridgehead atoms. The number of rotatable bonds is 4. The zero-order valence-electron chi connectivity index (χ0n) is 17.0. The molecule has 1 aliphatic heterocycles. The number of carbonyl (C=O) groups is 2. The SMILES string of the molecule is O=C(NC(c1c(Cl)cccc1Cl)C1CC1)N1CCCN(C(=O)c2ccc(F)cc2)CC1. The van der Waals surface area contributed by atoms with Gasteiger partial charge in [-0.3, -0.25) is 4.79 Å². The normalized spacial score (nSPS) is 17.8. The lowest BCUT2D eigenvalue weighted by Crippen LogP contribution is -2.44. The van der Waals surface area contributed by atoms with Gasteiger partial charge in [-0.1, -0.05) is 29.3 Å². The van der Waals surface area contributed by atoms with E-state index in [2.05, 4.69) is 5.32 Å². The first-order valence-corrected chi connectivity index (χ1v) is 11.2. The summed E-state index contributed by atoms with van der Waals surface area (Å²) < 4.78 is 13.1. The fourth-order valence-corrected chi connectivity index (χ4v) is 4.62. The van der Waals surface area contributed by atoms with E-state index in [1.54, 1.807) is 28.0 Å². The Labute approximate surface area is 191 Å². The fourth-order valence-electron chi connectivity index (χ4n) is 3.99. The van der Waals surface area contributed by atoms with Gasteiger partial charge < -0.3 is 15.1 Å². The first-order valence-electron chi connectivity index (χ1n) is 10.5. The molecule has 2 fully saturated rings. The van der Waals surface area contributed by atoms with Gasteiger partial charge in [0.05, 0.1) is 6.04 Å². The van der Waals surface area contributed by atoms with Crippen LogP contribution < -0.4 is 5.32 Å². The predicted octanol–water partition coefficient (Wildman–Crippen LogP) is 5.14. The van der Waals surface area contributed by atoms with Gasteiger partial charge in [-0.2, -0.15) is 0 Å². The van der Waals surface area contributed by atoms with Crippen molar-refractivity contribution in [1.82, 2.24) is 15.1 Å². The Hall–Kier alpha value is -2.31. The minimum absolute atomic E-state index is 0.152. The highest BCUT2D eigenvalue weighted by Crippen LogP contribution is 2.45. The summed E-state index contributed by atoms with van der Waals surface area (Å²) in [5, 5.41) is 4.23. The lowest BCUT2D eigenvalue weighted by Gasteiger charge is -2.27. The summed E-state index contributed by atoms with van der Waals surface area (Å²) in [5.74, 6) is -0.204. The molecule has 0 radical (unpaired) electrons. The molecular formula is C23H24Cl2FN3O2. The lowest BCUT2D eigenvalue weighted by molar-refractivity contribution is 0.0762. The molecule has 1 saturated carbocycles. The Morgan fingerprint density at radius 3 is 2.19 bits per heavy atom. The summed E-state index contributed by atoms with van der Waals surface area (Å²) in [7, 11) is 0. The van der Waals surface area contributed by atoms with Crippen LogP contribution in [-0.2, 0) is 0 Å². The van der Waals surface area contributed by atoms with Crippen LogP contribution in [0.1, 0.15) is 41.2 Å². The Bertz CT molecular complexity index is 946. The topological polar surface area (TPSA) is 52.7 Å². The van der Waals surface area contributed by atoms with E-state index >= 15 is 0 Å². The van der Waals surface area contributed by atoms with Gasteiger partial charge in [-0.25, -0.2) is 9.18 Å². The van der Waals surface area contributed by atoms with E-state index in [1.807, 2.05) is 0 Å². The van der Waals surface area contributed by atoms with Gasteiger partial charge in [0.25, 0.3) is 5.91 Å². The monoisotopic (exact) mass is 463 g/mol. The van der Waals surface area contributed by atoms with E-state index < -0.39 is 0 Å². The molecular weight excluding hydrogens is 440 g/mol. The molecule has 2 aromatic rings. The Balaban J connectivity index is 1.41. The number of hydrogen-bond acceptors (Lipinski definition) is 2. The standard InChI is InChI=1S/C23H24Cl2FN3O2/c24-18-3-1-4-19(25)20(18)21(15-5-6-15)27-23(31)29-12-2-11-28(13-14-29)22(30)16-7-9-17(26)10-8-16/h1,3-4,7-10,15,21H,2,5-6,11-14H2,(H,27,31). The zero-order chi connectivity index (χ0) is 22.0. The molecule has 1 aliphatic carbocycles. The van der Waals surface area contributed by atoms with Crippen LogP contribution >= 0.6 is 23.2 Å². The minimum Gasteiger partial charge on any atom is -0.337 e. The van der Waals surface area contributed by atoms with Crippen molar-refractivity contribution in [3.8, 4) is 0 Å². The quantitative estimate of drug-likeness (QED) is 0.681. The Morgan fingerprint density at radius 1 is 0.935 bits per heavy atom. The Morgan fingerprint density at radius 2 is 1.55 bits per heavy atom. The van der Waals surface area contributed by atoms with Crippen LogP contribution in [0, 0.1) is 11.7 Å². The third kappa shape index (κ3) is 5.13. The number of benzene rings is 2. The number of nitrogens with zero attached hydrogens (tertiary/aromatic N) is 2. The molecule has 2 aromatic carbocycles. The van der Waals surface area contributed by atoms with Gasteiger partial charge >= 0.3 is 6.03 Å². The molecule has 4 rings (SSSR count). The highest BCUT2D eigenvalue weighted by Gasteiger charge is 2.36. The second-order valence-electron chi connectivity index (χ2n) is 8.04. The second-order valence-corrected chi connectivity index (χ2v) is 8.85. The minimum atomic E-state index is -0.376. The van der Waals surface area contributed by atoms with Crippen LogP contribution in [0.4, 0.5) is 9.18 Å². The van der Waals surface area contributed by atoms with Crippen molar-refractivity contribution in [3.05, 3.63) is 69.5 Å². The van der Waals surface area contributed by atoms with Crippen LogP contribution in [0.25, 0.3) is 0 Å². The van der Waals surface area contributed by atoms with Crippen LogP contribution in [-0.4, -0.2) is 47.9 Å². The van der Waals surface area contributed by atoms with Crippen molar-refractivity contribution in [3.63, 3.8) is 0 Å². The molecule has 1 heterocycles. The predicted molar refractivity (Wildman–Crippen MR) is 119 cm³/mol. The molecule has 164 valence electrons. The second kappa shape index (κ2) is 9.45. The number of halogens is 3. The molecule has 31 heavy (non-hydrogen) atoms. The van der Waals surface area contributed by atoms with Crippen molar-refractivity contribution in [2.24, 2.45) is 5.92 Å². The fraction of sp³-hybridized carbons (Fsp3) is 0.391. The maximum absolute atomic E-state index is 13.1. The molecule has 0 spiro atoms. The third-order valence-electron chi connectivity index (χ3n) is 5.84. The molecule has 8 heteroatoms. The van der Waals surface area contributed by atoms with E-state index in [-0.39, 0.29) is 23.8 Å². The summed E-state index contributed by atoms with van der Waals surface area (Å²) in [6, 6.07) is 10.5. The molecule has 0 aromatic heterocycles. The van der Waals surface area contributed by atoms with E-state index in [0.29, 0.717) is 54.1 Å². The summed E-state index contributed by atoms with van der Waals surface area (Å²) in [5.41, 5.74) is 1.21. The average molecular weight is 464 g/mol. The van der Waals surface area contributed by atoms with E-state index in [1.165, 1.54) is 24.3 Å². The summed E-state index contributed by atoms with van der Waals surface area (Å²) >= 11 is 12.8. The van der Waals surface area contributed by atoms with E-state index in [4.69, 9.17) is 23.2 Å². The van der Waals surface area contributed by atoms with Gasteiger partial charge in [-0.15, -0.1) is 0 Å². The maximum atomic E-state index is 13.1. The van der Waals surface area contributed by atoms with Gasteiger partial charge in [0.2, 0.25) is 0 Å². The summed E-state index contributed by atoms with van der Waals surface area (Å²) in [4.78, 5) is 29.2. The van der Waals surface area contributed by atoms with Crippen LogP contribution in [0.3, 0.4) is 0 Å². The number of amides is 3. The van der Waals surface area contributed by atoms with Gasteiger partial charge in [-0.05, 0) is 61.6 Å². The first-order chi connectivity index (χ1) is 14.9. The third-order valence-corrected chi connectivity index (χ3v) is 6.50. The molecule has 2 aliphatic rings. The molecule has 1 unspecified atom stereocenters. The summed E-state index contributed by atoms with van der Waals surface area (Å²) in [6.07, 6.45) is 2.71. The van der Waals surface area contributed by atoms with E-state index in [9.17, 15) is 14.0 Å². The lowest BCUT2D eigenvalue weighted by atomic mass is 10.0. The van der Waals surface area contributed by atoms with Crippen molar-refractivity contribution in [2.75, 3.05) is 26.2 Å². The van der Waals surface area contributed by atoms with Crippen LogP contribution in [0.15, 0.2) is 42.5 Å². The van der Waals surface area contributed by atoms with Crippen LogP contribution in [0.2, 0.25) is 10.0 Å². The summed E-state index contributed by atoms with van der Waals surface area (Å²) in [6.45, 7) is 1.94. The average Bonchev–Trinajstić information content (AvgIpc) is 3.60. The largest absolute Gasteiger partial charge is 0.337 e. The molecule has 1 saturated heterocycles. The van der Waals surface area contributed by atoms with Crippen molar-refractivity contribution < 1.29 is 14.0 Å². The maximum Gasteiger partial charge on any atom is 0.317 e.